The Morgan fingerprint density at radius 3 is 2.89 bits per heavy atom. The Bertz CT molecular complexity index is 569. The molecule has 0 aliphatic heterocycles. The second-order valence-electron chi connectivity index (χ2n) is 3.47. The zero-order valence-electron chi connectivity index (χ0n) is 9.38. The summed E-state index contributed by atoms with van der Waals surface area (Å²) in [6.07, 6.45) is 3.14. The normalized spacial score (nSPS) is 10.5. The van der Waals surface area contributed by atoms with E-state index in [1.54, 1.807) is 30.6 Å². The number of hydrogen-bond acceptors (Lipinski definition) is 3. The van der Waals surface area contributed by atoms with E-state index in [9.17, 15) is 4.79 Å². The first-order valence-corrected chi connectivity index (χ1v) is 6.05. The van der Waals surface area contributed by atoms with Gasteiger partial charge in [-0.3, -0.25) is 9.78 Å². The van der Waals surface area contributed by atoms with Crippen LogP contribution in [0.5, 0.6) is 0 Å². The van der Waals surface area contributed by atoms with Crippen LogP contribution < -0.4 is 5.43 Å². The molecule has 1 N–H and O–H groups in total. The molecule has 90 valence electrons. The molecule has 0 saturated carbocycles. The van der Waals surface area contributed by atoms with Crippen molar-refractivity contribution in [1.82, 2.24) is 10.4 Å². The third-order valence-electron chi connectivity index (χ3n) is 2.13. The van der Waals surface area contributed by atoms with Crippen LogP contribution >= 0.6 is 15.9 Å². The van der Waals surface area contributed by atoms with E-state index in [0.29, 0.717) is 5.69 Å². The summed E-state index contributed by atoms with van der Waals surface area (Å²) in [6.45, 7) is 0. The van der Waals surface area contributed by atoms with Gasteiger partial charge in [0.25, 0.3) is 5.91 Å². The Labute approximate surface area is 113 Å². The number of benzene rings is 1. The van der Waals surface area contributed by atoms with Crippen LogP contribution in [-0.2, 0) is 0 Å². The van der Waals surface area contributed by atoms with Crippen LogP contribution in [-0.4, -0.2) is 17.1 Å². The van der Waals surface area contributed by atoms with Crippen molar-refractivity contribution in [3.63, 3.8) is 0 Å². The van der Waals surface area contributed by atoms with Crippen molar-refractivity contribution in [1.29, 1.82) is 0 Å². The van der Waals surface area contributed by atoms with Crippen LogP contribution in [0, 0.1) is 0 Å². The second kappa shape index (κ2) is 6.07. The minimum absolute atomic E-state index is 0.332. The van der Waals surface area contributed by atoms with Crippen molar-refractivity contribution in [2.45, 2.75) is 0 Å². The molecule has 0 unspecified atom stereocenters. The number of rotatable bonds is 3. The van der Waals surface area contributed by atoms with Gasteiger partial charge in [-0.2, -0.15) is 5.10 Å². The summed E-state index contributed by atoms with van der Waals surface area (Å²) in [4.78, 5) is 15.5. The molecule has 18 heavy (non-hydrogen) atoms. The molecule has 0 spiro atoms. The third-order valence-corrected chi connectivity index (χ3v) is 2.62. The molecule has 0 fully saturated rings. The van der Waals surface area contributed by atoms with E-state index in [0.717, 1.165) is 10.0 Å². The van der Waals surface area contributed by atoms with Gasteiger partial charge in [0.15, 0.2) is 0 Å². The summed E-state index contributed by atoms with van der Waals surface area (Å²) in [5.74, 6) is -0.332. The highest BCUT2D eigenvalue weighted by molar-refractivity contribution is 9.10. The molecule has 1 aromatic heterocycles. The Morgan fingerprint density at radius 1 is 1.28 bits per heavy atom. The van der Waals surface area contributed by atoms with E-state index in [1.807, 2.05) is 24.3 Å². The van der Waals surface area contributed by atoms with E-state index in [1.165, 1.54) is 0 Å². The Kier molecular flexibility index (Phi) is 4.20. The van der Waals surface area contributed by atoms with Gasteiger partial charge in [0.2, 0.25) is 0 Å². The third kappa shape index (κ3) is 3.49. The van der Waals surface area contributed by atoms with Gasteiger partial charge in [0, 0.05) is 10.7 Å². The molecular weight excluding hydrogens is 294 g/mol. The van der Waals surface area contributed by atoms with Crippen LogP contribution in [0.4, 0.5) is 0 Å². The number of hydrogen-bond donors (Lipinski definition) is 1. The summed E-state index contributed by atoms with van der Waals surface area (Å²) < 4.78 is 0.961. The zero-order valence-corrected chi connectivity index (χ0v) is 11.0. The van der Waals surface area contributed by atoms with Gasteiger partial charge in [-0.1, -0.05) is 34.1 Å². The zero-order chi connectivity index (χ0) is 12.8. The summed E-state index contributed by atoms with van der Waals surface area (Å²) in [6, 6.07) is 12.7. The largest absolute Gasteiger partial charge is 0.289 e. The number of carbonyl (C=O) groups is 1. The highest BCUT2D eigenvalue weighted by Gasteiger charge is 2.03. The average molecular weight is 304 g/mol. The fourth-order valence-electron chi connectivity index (χ4n) is 1.31. The molecule has 0 saturated heterocycles. The molecule has 2 aromatic rings. The quantitative estimate of drug-likeness (QED) is 0.700. The molecule has 0 bridgehead atoms. The van der Waals surface area contributed by atoms with Gasteiger partial charge in [-0.25, -0.2) is 5.43 Å². The van der Waals surface area contributed by atoms with Gasteiger partial charge >= 0.3 is 0 Å². The number of hydrazone groups is 1. The van der Waals surface area contributed by atoms with Crippen LogP contribution in [0.15, 0.2) is 58.2 Å². The van der Waals surface area contributed by atoms with E-state index in [2.05, 4.69) is 31.4 Å². The number of nitrogens with one attached hydrogen (secondary N) is 1. The lowest BCUT2D eigenvalue weighted by Crippen LogP contribution is -2.18. The first-order valence-electron chi connectivity index (χ1n) is 5.26. The maximum atomic E-state index is 11.6. The minimum atomic E-state index is -0.332. The molecule has 4 nitrogen and oxygen atoms in total. The van der Waals surface area contributed by atoms with Crippen molar-refractivity contribution >= 4 is 28.1 Å². The lowest BCUT2D eigenvalue weighted by Gasteiger charge is -1.98. The standard InChI is InChI=1S/C13H10BrN3O/c14-11-5-3-4-10(8-11)9-16-17-13(18)12-6-1-2-7-15-12/h1-9H,(H,17,18). The van der Waals surface area contributed by atoms with Gasteiger partial charge in [0.05, 0.1) is 6.21 Å². The summed E-state index contributed by atoms with van der Waals surface area (Å²) in [5.41, 5.74) is 3.65. The van der Waals surface area contributed by atoms with E-state index in [-0.39, 0.29) is 5.91 Å². The molecule has 1 amide bonds. The lowest BCUT2D eigenvalue weighted by molar-refractivity contribution is 0.0950. The molecule has 0 aliphatic rings. The molecule has 5 heteroatoms. The highest BCUT2D eigenvalue weighted by Crippen LogP contribution is 2.09. The fraction of sp³-hybridized carbons (Fsp3) is 0. The number of nitrogens with zero attached hydrogens (tertiary/aromatic N) is 2. The summed E-state index contributed by atoms with van der Waals surface area (Å²) in [7, 11) is 0. The number of carbonyl (C=O) groups excluding carboxylic acids is 1. The van der Waals surface area contributed by atoms with Gasteiger partial charge in [0.1, 0.15) is 5.69 Å². The van der Waals surface area contributed by atoms with Gasteiger partial charge in [-0.15, -0.1) is 0 Å². The van der Waals surface area contributed by atoms with Crippen LogP contribution in [0.25, 0.3) is 0 Å². The summed E-state index contributed by atoms with van der Waals surface area (Å²) >= 11 is 3.36. The van der Waals surface area contributed by atoms with Crippen LogP contribution in [0.2, 0.25) is 0 Å². The van der Waals surface area contributed by atoms with Crippen molar-refractivity contribution < 1.29 is 4.79 Å². The molecular formula is C13H10BrN3O. The molecule has 0 atom stereocenters. The van der Waals surface area contributed by atoms with Crippen LogP contribution in [0.1, 0.15) is 16.1 Å². The van der Waals surface area contributed by atoms with E-state index in [4.69, 9.17) is 0 Å². The number of amides is 1. The predicted octanol–water partition coefficient (Wildman–Crippen LogP) is 2.61. The maximum absolute atomic E-state index is 11.6. The number of aromatic nitrogens is 1. The molecule has 1 heterocycles. The van der Waals surface area contributed by atoms with Crippen molar-refractivity contribution in [2.24, 2.45) is 5.10 Å². The topological polar surface area (TPSA) is 54.4 Å². The second-order valence-corrected chi connectivity index (χ2v) is 4.38. The van der Waals surface area contributed by atoms with Gasteiger partial charge < -0.3 is 0 Å². The van der Waals surface area contributed by atoms with Crippen molar-refractivity contribution in [3.8, 4) is 0 Å². The smallest absolute Gasteiger partial charge is 0.266 e. The molecule has 1 aromatic carbocycles. The first kappa shape index (κ1) is 12.4. The van der Waals surface area contributed by atoms with Crippen LogP contribution in [0.3, 0.4) is 0 Å². The SMILES string of the molecule is O=C(NN=Cc1cccc(Br)c1)c1ccccn1. The molecule has 0 aliphatic carbocycles. The number of halogens is 1. The molecule has 0 radical (unpaired) electrons. The average Bonchev–Trinajstić information content (AvgIpc) is 2.40. The van der Waals surface area contributed by atoms with Crippen molar-refractivity contribution in [2.75, 3.05) is 0 Å². The number of pyridine rings is 1. The minimum Gasteiger partial charge on any atom is -0.266 e. The van der Waals surface area contributed by atoms with Gasteiger partial charge in [-0.05, 0) is 29.8 Å². The van der Waals surface area contributed by atoms with E-state index < -0.39 is 0 Å². The lowest BCUT2D eigenvalue weighted by atomic mass is 10.2. The maximum Gasteiger partial charge on any atom is 0.289 e. The fourth-order valence-corrected chi connectivity index (χ4v) is 1.72. The Morgan fingerprint density at radius 2 is 2.17 bits per heavy atom. The first-order chi connectivity index (χ1) is 8.75. The molecule has 2 rings (SSSR count). The highest BCUT2D eigenvalue weighted by atomic mass is 79.9. The predicted molar refractivity (Wildman–Crippen MR) is 73.4 cm³/mol. The summed E-state index contributed by atoms with van der Waals surface area (Å²) in [5, 5.41) is 3.87. The monoisotopic (exact) mass is 303 g/mol. The van der Waals surface area contributed by atoms with Crippen molar-refractivity contribution in [3.05, 3.63) is 64.4 Å². The Hall–Kier alpha value is -2.01. The Balaban J connectivity index is 1.98. The van der Waals surface area contributed by atoms with E-state index >= 15 is 0 Å².